The van der Waals surface area contributed by atoms with Crippen molar-refractivity contribution in [2.45, 2.75) is 0 Å². The number of hydrogen-bond acceptors (Lipinski definition) is 2. The minimum Gasteiger partial charge on any atom is -0.370 e. The van der Waals surface area contributed by atoms with E-state index in [9.17, 15) is 4.79 Å². The zero-order valence-electron chi connectivity index (χ0n) is 9.33. The molecule has 18 heavy (non-hydrogen) atoms. The molecule has 1 aromatic heterocycles. The summed E-state index contributed by atoms with van der Waals surface area (Å²) in [4.78, 5) is 15.1. The Kier molecular flexibility index (Phi) is 4.45. The number of guanidine groups is 1. The Morgan fingerprint density at radius 2 is 2.06 bits per heavy atom. The van der Waals surface area contributed by atoms with Gasteiger partial charge in [-0.05, 0) is 18.2 Å². The predicted molar refractivity (Wildman–Crippen MR) is 71.4 cm³/mol. The first-order valence-electron chi connectivity index (χ1n) is 4.91. The van der Waals surface area contributed by atoms with E-state index >= 15 is 0 Å². The Labute approximate surface area is 110 Å². The molecule has 0 aliphatic carbocycles. The van der Waals surface area contributed by atoms with Crippen molar-refractivity contribution < 1.29 is 4.79 Å². The summed E-state index contributed by atoms with van der Waals surface area (Å²) in [7, 11) is 0. The summed E-state index contributed by atoms with van der Waals surface area (Å²) < 4.78 is 0. The summed E-state index contributed by atoms with van der Waals surface area (Å²) in [5.41, 5.74) is 12.3. The highest BCUT2D eigenvalue weighted by Crippen LogP contribution is 2.17. The maximum atomic E-state index is 11.6. The molecule has 1 heterocycles. The topological polar surface area (TPSA) is 110 Å². The molecule has 0 saturated carbocycles. The molecule has 2 rings (SSSR count). The molecule has 1 aromatic carbocycles. The summed E-state index contributed by atoms with van der Waals surface area (Å²) in [6.45, 7) is 0. The van der Waals surface area contributed by atoms with Crippen LogP contribution in [0.15, 0.2) is 41.5 Å². The van der Waals surface area contributed by atoms with E-state index in [1.165, 1.54) is 0 Å². The summed E-state index contributed by atoms with van der Waals surface area (Å²) in [5, 5.41) is 6.73. The monoisotopic (exact) mass is 265 g/mol. The van der Waals surface area contributed by atoms with Crippen molar-refractivity contribution in [3.05, 3.63) is 42.1 Å². The Balaban J connectivity index is 0.00000162. The van der Waals surface area contributed by atoms with Crippen LogP contribution in [0.25, 0.3) is 11.3 Å². The van der Waals surface area contributed by atoms with Gasteiger partial charge in [-0.1, -0.05) is 12.1 Å². The van der Waals surface area contributed by atoms with Crippen LogP contribution >= 0.6 is 12.4 Å². The Morgan fingerprint density at radius 3 is 2.67 bits per heavy atom. The van der Waals surface area contributed by atoms with Crippen LogP contribution in [0.3, 0.4) is 0 Å². The first-order valence-corrected chi connectivity index (χ1v) is 4.91. The smallest absolute Gasteiger partial charge is 0.280 e. The molecule has 7 heteroatoms. The molecular weight excluding hydrogens is 254 g/mol. The molecule has 1 amide bonds. The summed E-state index contributed by atoms with van der Waals surface area (Å²) >= 11 is 0. The van der Waals surface area contributed by atoms with Gasteiger partial charge in [-0.15, -0.1) is 12.4 Å². The standard InChI is InChI=1S/C11H11N5O.ClH/c12-11(13)15-10(17)8-3-1-2-7(6-8)9-4-5-14-16-9;/h1-6H,(H,14,16)(H4,12,13,15,17);1H. The number of nitrogens with zero attached hydrogens (tertiary/aromatic N) is 2. The van der Waals surface area contributed by atoms with Crippen LogP contribution in [0, 0.1) is 0 Å². The number of rotatable bonds is 2. The van der Waals surface area contributed by atoms with E-state index in [-0.39, 0.29) is 18.4 Å². The first kappa shape index (κ1) is 13.7. The second-order valence-electron chi connectivity index (χ2n) is 3.38. The van der Waals surface area contributed by atoms with Crippen LogP contribution in [-0.4, -0.2) is 22.1 Å². The van der Waals surface area contributed by atoms with Gasteiger partial charge in [0, 0.05) is 17.3 Å². The number of hydrogen-bond donors (Lipinski definition) is 3. The van der Waals surface area contributed by atoms with Gasteiger partial charge in [0.1, 0.15) is 0 Å². The molecule has 94 valence electrons. The number of aliphatic imine (C=N–C) groups is 1. The van der Waals surface area contributed by atoms with E-state index < -0.39 is 5.91 Å². The normalized spacial score (nSPS) is 9.33. The van der Waals surface area contributed by atoms with Crippen molar-refractivity contribution >= 4 is 24.3 Å². The number of nitrogens with two attached hydrogens (primary N) is 2. The molecule has 5 N–H and O–H groups in total. The lowest BCUT2D eigenvalue weighted by molar-refractivity contribution is 0.100. The van der Waals surface area contributed by atoms with E-state index in [2.05, 4.69) is 15.2 Å². The molecule has 0 aliphatic rings. The van der Waals surface area contributed by atoms with E-state index in [0.717, 1.165) is 11.3 Å². The fourth-order valence-electron chi connectivity index (χ4n) is 1.41. The number of amides is 1. The maximum Gasteiger partial charge on any atom is 0.280 e. The molecule has 0 bridgehead atoms. The van der Waals surface area contributed by atoms with Crippen molar-refractivity contribution in [2.24, 2.45) is 16.5 Å². The van der Waals surface area contributed by atoms with E-state index in [4.69, 9.17) is 11.5 Å². The van der Waals surface area contributed by atoms with Gasteiger partial charge in [0.25, 0.3) is 5.91 Å². The molecule has 0 saturated heterocycles. The van der Waals surface area contributed by atoms with Gasteiger partial charge in [-0.3, -0.25) is 9.89 Å². The molecule has 0 spiro atoms. The molecule has 0 radical (unpaired) electrons. The third-order valence-corrected chi connectivity index (χ3v) is 2.14. The zero-order valence-corrected chi connectivity index (χ0v) is 10.1. The van der Waals surface area contributed by atoms with Crippen LogP contribution in [0.2, 0.25) is 0 Å². The number of aromatic nitrogens is 2. The summed E-state index contributed by atoms with van der Waals surface area (Å²) in [6.07, 6.45) is 1.71. The van der Waals surface area contributed by atoms with Crippen LogP contribution in [0.5, 0.6) is 0 Å². The van der Waals surface area contributed by atoms with Gasteiger partial charge in [0.05, 0.1) is 5.69 Å². The predicted octanol–water partition coefficient (Wildman–Crippen LogP) is 0.912. The lowest BCUT2D eigenvalue weighted by Gasteiger charge is -1.99. The van der Waals surface area contributed by atoms with E-state index in [0.29, 0.717) is 5.56 Å². The van der Waals surface area contributed by atoms with Gasteiger partial charge in [-0.25, -0.2) is 0 Å². The second kappa shape index (κ2) is 5.83. The second-order valence-corrected chi connectivity index (χ2v) is 3.38. The number of aromatic amines is 1. The molecule has 0 aliphatic heterocycles. The Hall–Kier alpha value is -2.34. The zero-order chi connectivity index (χ0) is 12.3. The van der Waals surface area contributed by atoms with Crippen molar-refractivity contribution in [3.63, 3.8) is 0 Å². The molecule has 0 fully saturated rings. The number of benzene rings is 1. The minimum atomic E-state index is -0.470. The first-order chi connectivity index (χ1) is 8.16. The Bertz CT molecular complexity index is 561. The van der Waals surface area contributed by atoms with Crippen molar-refractivity contribution in [3.8, 4) is 11.3 Å². The fraction of sp³-hybridized carbons (Fsp3) is 0. The Morgan fingerprint density at radius 1 is 1.28 bits per heavy atom. The maximum absolute atomic E-state index is 11.6. The summed E-state index contributed by atoms with van der Waals surface area (Å²) in [6, 6.07) is 8.74. The lowest BCUT2D eigenvalue weighted by atomic mass is 10.1. The average molecular weight is 266 g/mol. The number of carbonyl (C=O) groups is 1. The third kappa shape index (κ3) is 3.08. The highest BCUT2D eigenvalue weighted by molar-refractivity contribution is 6.02. The van der Waals surface area contributed by atoms with Crippen LogP contribution in [-0.2, 0) is 0 Å². The highest BCUT2D eigenvalue weighted by Gasteiger charge is 2.07. The molecular formula is C11H12ClN5O. The van der Waals surface area contributed by atoms with Crippen LogP contribution in [0.4, 0.5) is 0 Å². The number of H-pyrrole nitrogens is 1. The van der Waals surface area contributed by atoms with Crippen LogP contribution in [0.1, 0.15) is 10.4 Å². The largest absolute Gasteiger partial charge is 0.370 e. The molecule has 6 nitrogen and oxygen atoms in total. The fourth-order valence-corrected chi connectivity index (χ4v) is 1.41. The third-order valence-electron chi connectivity index (χ3n) is 2.14. The summed E-state index contributed by atoms with van der Waals surface area (Å²) in [5.74, 6) is -0.720. The average Bonchev–Trinajstić information content (AvgIpc) is 2.82. The van der Waals surface area contributed by atoms with Gasteiger partial charge in [0.15, 0.2) is 5.96 Å². The van der Waals surface area contributed by atoms with Crippen molar-refractivity contribution in [1.29, 1.82) is 0 Å². The molecule has 0 atom stereocenters. The number of carbonyl (C=O) groups excluding carboxylic acids is 1. The number of halogens is 1. The highest BCUT2D eigenvalue weighted by atomic mass is 35.5. The van der Waals surface area contributed by atoms with Crippen molar-refractivity contribution in [2.75, 3.05) is 0 Å². The van der Waals surface area contributed by atoms with Crippen molar-refractivity contribution in [1.82, 2.24) is 10.2 Å². The lowest BCUT2D eigenvalue weighted by Crippen LogP contribution is -2.24. The van der Waals surface area contributed by atoms with Gasteiger partial charge < -0.3 is 11.5 Å². The van der Waals surface area contributed by atoms with E-state index in [1.54, 1.807) is 24.4 Å². The van der Waals surface area contributed by atoms with Gasteiger partial charge in [0.2, 0.25) is 0 Å². The SMILES string of the molecule is Cl.NC(N)=NC(=O)c1cccc(-c2cc[nH]n2)c1. The van der Waals surface area contributed by atoms with Crippen LogP contribution < -0.4 is 11.5 Å². The quantitative estimate of drug-likeness (QED) is 0.554. The van der Waals surface area contributed by atoms with Gasteiger partial charge in [-0.2, -0.15) is 10.1 Å². The minimum absolute atomic E-state index is 0. The molecule has 2 aromatic rings. The molecule has 0 unspecified atom stereocenters. The van der Waals surface area contributed by atoms with E-state index in [1.807, 2.05) is 12.1 Å². The number of nitrogens with one attached hydrogen (secondary N) is 1. The van der Waals surface area contributed by atoms with Gasteiger partial charge >= 0.3 is 0 Å².